The summed E-state index contributed by atoms with van der Waals surface area (Å²) in [6.45, 7) is 4.11. The van der Waals surface area contributed by atoms with Gasteiger partial charge >= 0.3 is 0 Å². The molecule has 1 amide bonds. The van der Waals surface area contributed by atoms with Gasteiger partial charge in [0.1, 0.15) is 4.21 Å². The number of hydrogen-bond acceptors (Lipinski definition) is 5. The van der Waals surface area contributed by atoms with Crippen LogP contribution in [-0.4, -0.2) is 40.5 Å². The lowest BCUT2D eigenvalue weighted by Crippen LogP contribution is -2.41. The molecular formula is C13H22ClN3O3S2. The van der Waals surface area contributed by atoms with Crippen molar-refractivity contribution in [1.29, 1.82) is 0 Å². The van der Waals surface area contributed by atoms with Gasteiger partial charge in [-0.3, -0.25) is 4.79 Å². The van der Waals surface area contributed by atoms with E-state index in [4.69, 9.17) is 0 Å². The number of thiophene rings is 1. The van der Waals surface area contributed by atoms with Gasteiger partial charge in [0.2, 0.25) is 15.9 Å². The van der Waals surface area contributed by atoms with Crippen LogP contribution in [0.5, 0.6) is 0 Å². The molecule has 0 aromatic carbocycles. The molecule has 22 heavy (non-hydrogen) atoms. The molecule has 6 nitrogen and oxygen atoms in total. The fourth-order valence-corrected chi connectivity index (χ4v) is 4.59. The number of carbonyl (C=O) groups excluding carboxylic acids is 1. The van der Waals surface area contributed by atoms with Crippen LogP contribution < -0.4 is 15.4 Å². The average molecular weight is 368 g/mol. The fourth-order valence-electron chi connectivity index (χ4n) is 2.23. The SMILES string of the molecule is Cc1ccc(S(=O)(=O)NCCNC(=O)C2CCNCC2)s1.Cl. The van der Waals surface area contributed by atoms with Crippen LogP contribution in [0.25, 0.3) is 0 Å². The molecule has 0 radical (unpaired) electrons. The van der Waals surface area contributed by atoms with Gasteiger partial charge in [-0.2, -0.15) is 0 Å². The Labute approximate surface area is 141 Å². The number of hydrogen-bond donors (Lipinski definition) is 3. The molecule has 9 heteroatoms. The first kappa shape index (κ1) is 19.4. The molecule has 1 aromatic heterocycles. The zero-order chi connectivity index (χ0) is 15.3. The van der Waals surface area contributed by atoms with Crippen molar-refractivity contribution >= 4 is 39.7 Å². The van der Waals surface area contributed by atoms with Crippen LogP contribution in [0.1, 0.15) is 17.7 Å². The maximum absolute atomic E-state index is 12.0. The van der Waals surface area contributed by atoms with Gasteiger partial charge < -0.3 is 10.6 Å². The molecule has 0 aliphatic carbocycles. The third-order valence-corrected chi connectivity index (χ3v) is 6.36. The number of amides is 1. The minimum absolute atomic E-state index is 0. The predicted molar refractivity (Wildman–Crippen MR) is 90.1 cm³/mol. The lowest BCUT2D eigenvalue weighted by atomic mass is 9.97. The van der Waals surface area contributed by atoms with Crippen molar-refractivity contribution in [3.05, 3.63) is 17.0 Å². The number of rotatable bonds is 6. The Morgan fingerprint density at radius 1 is 1.32 bits per heavy atom. The van der Waals surface area contributed by atoms with Crippen molar-refractivity contribution < 1.29 is 13.2 Å². The molecule has 1 aliphatic heterocycles. The van der Waals surface area contributed by atoms with E-state index in [0.29, 0.717) is 10.8 Å². The number of carbonyl (C=O) groups is 1. The predicted octanol–water partition coefficient (Wildman–Crippen LogP) is 0.872. The molecular weight excluding hydrogens is 346 g/mol. The Hall–Kier alpha value is -0.670. The first-order valence-corrected chi connectivity index (χ1v) is 9.33. The third kappa shape index (κ3) is 5.51. The van der Waals surface area contributed by atoms with E-state index in [1.54, 1.807) is 12.1 Å². The zero-order valence-corrected chi connectivity index (χ0v) is 14.9. The Kier molecular flexibility index (Phi) is 7.78. The number of sulfonamides is 1. The lowest BCUT2D eigenvalue weighted by molar-refractivity contribution is -0.125. The molecule has 0 unspecified atom stereocenters. The lowest BCUT2D eigenvalue weighted by Gasteiger charge is -2.21. The van der Waals surface area contributed by atoms with E-state index in [1.165, 1.54) is 11.3 Å². The Balaban J connectivity index is 0.00000242. The molecule has 1 saturated heterocycles. The largest absolute Gasteiger partial charge is 0.355 e. The minimum Gasteiger partial charge on any atom is -0.355 e. The smallest absolute Gasteiger partial charge is 0.250 e. The second-order valence-corrected chi connectivity index (χ2v) is 8.36. The number of aryl methyl sites for hydroxylation is 1. The normalized spacial score (nSPS) is 16.0. The zero-order valence-electron chi connectivity index (χ0n) is 12.4. The van der Waals surface area contributed by atoms with Gasteiger partial charge in [0.25, 0.3) is 0 Å². The van der Waals surface area contributed by atoms with Gasteiger partial charge in [0, 0.05) is 23.9 Å². The van der Waals surface area contributed by atoms with Crippen LogP contribution in [0, 0.1) is 12.8 Å². The van der Waals surface area contributed by atoms with Gasteiger partial charge in [-0.25, -0.2) is 13.1 Å². The Morgan fingerprint density at radius 3 is 2.59 bits per heavy atom. The highest BCUT2D eigenvalue weighted by molar-refractivity contribution is 7.91. The third-order valence-electron chi connectivity index (χ3n) is 3.41. The summed E-state index contributed by atoms with van der Waals surface area (Å²) in [4.78, 5) is 12.8. The molecule has 0 saturated carbocycles. The summed E-state index contributed by atoms with van der Waals surface area (Å²) >= 11 is 1.24. The summed E-state index contributed by atoms with van der Waals surface area (Å²) < 4.78 is 26.8. The Morgan fingerprint density at radius 2 is 2.00 bits per heavy atom. The van der Waals surface area contributed by atoms with Gasteiger partial charge in [0.15, 0.2) is 0 Å². The first-order chi connectivity index (χ1) is 9.99. The second-order valence-electron chi connectivity index (χ2n) is 5.08. The van der Waals surface area contributed by atoms with Crippen LogP contribution in [0.3, 0.4) is 0 Å². The molecule has 2 rings (SSSR count). The van der Waals surface area contributed by atoms with Gasteiger partial charge in [-0.05, 0) is 45.0 Å². The van der Waals surface area contributed by atoms with E-state index in [1.807, 2.05) is 6.92 Å². The molecule has 1 aromatic rings. The Bertz CT molecular complexity index is 583. The molecule has 2 heterocycles. The van der Waals surface area contributed by atoms with E-state index in [2.05, 4.69) is 15.4 Å². The highest BCUT2D eigenvalue weighted by Gasteiger charge is 2.20. The van der Waals surface area contributed by atoms with Crippen molar-refractivity contribution in [2.45, 2.75) is 24.0 Å². The molecule has 0 bridgehead atoms. The van der Waals surface area contributed by atoms with E-state index in [0.717, 1.165) is 30.8 Å². The van der Waals surface area contributed by atoms with Crippen LogP contribution in [0.4, 0.5) is 0 Å². The van der Waals surface area contributed by atoms with E-state index in [-0.39, 0.29) is 30.8 Å². The summed E-state index contributed by atoms with van der Waals surface area (Å²) in [7, 11) is -3.46. The summed E-state index contributed by atoms with van der Waals surface area (Å²) in [5, 5.41) is 6.00. The molecule has 1 aliphatic rings. The second kappa shape index (κ2) is 8.83. The summed E-state index contributed by atoms with van der Waals surface area (Å²) in [6.07, 6.45) is 1.68. The number of nitrogens with one attached hydrogen (secondary N) is 3. The monoisotopic (exact) mass is 367 g/mol. The first-order valence-electron chi connectivity index (χ1n) is 7.03. The van der Waals surface area contributed by atoms with Crippen molar-refractivity contribution in [2.75, 3.05) is 26.2 Å². The summed E-state index contributed by atoms with van der Waals surface area (Å²) in [6, 6.07) is 3.37. The molecule has 1 fully saturated rings. The molecule has 126 valence electrons. The van der Waals surface area contributed by atoms with Crippen LogP contribution >= 0.6 is 23.7 Å². The maximum atomic E-state index is 12.0. The van der Waals surface area contributed by atoms with Crippen molar-refractivity contribution in [1.82, 2.24) is 15.4 Å². The van der Waals surface area contributed by atoms with E-state index < -0.39 is 10.0 Å². The van der Waals surface area contributed by atoms with Crippen molar-refractivity contribution in [3.63, 3.8) is 0 Å². The van der Waals surface area contributed by atoms with Crippen LogP contribution in [0.15, 0.2) is 16.3 Å². The summed E-state index contributed by atoms with van der Waals surface area (Å²) in [5.41, 5.74) is 0. The van der Waals surface area contributed by atoms with Crippen molar-refractivity contribution in [2.24, 2.45) is 5.92 Å². The maximum Gasteiger partial charge on any atom is 0.250 e. The van der Waals surface area contributed by atoms with Crippen LogP contribution in [-0.2, 0) is 14.8 Å². The quantitative estimate of drug-likeness (QED) is 0.651. The molecule has 0 atom stereocenters. The molecule has 3 N–H and O–H groups in total. The summed E-state index contributed by atoms with van der Waals surface area (Å²) in [5.74, 6) is 0.0606. The number of piperidine rings is 1. The van der Waals surface area contributed by atoms with Gasteiger partial charge in [0.05, 0.1) is 0 Å². The minimum atomic E-state index is -3.46. The van der Waals surface area contributed by atoms with Crippen LogP contribution in [0.2, 0.25) is 0 Å². The topological polar surface area (TPSA) is 87.3 Å². The standard InChI is InChI=1S/C13H21N3O3S2.ClH/c1-10-2-3-12(20-10)21(18,19)16-9-8-15-13(17)11-4-6-14-7-5-11;/h2-3,11,14,16H,4-9H2,1H3,(H,15,17);1H. The highest BCUT2D eigenvalue weighted by atomic mass is 35.5. The number of halogens is 1. The molecule has 0 spiro atoms. The van der Waals surface area contributed by atoms with Gasteiger partial charge in [-0.15, -0.1) is 23.7 Å². The van der Waals surface area contributed by atoms with Gasteiger partial charge in [-0.1, -0.05) is 0 Å². The highest BCUT2D eigenvalue weighted by Crippen LogP contribution is 2.19. The fraction of sp³-hybridized carbons (Fsp3) is 0.615. The van der Waals surface area contributed by atoms with Crippen molar-refractivity contribution in [3.8, 4) is 0 Å². The van der Waals surface area contributed by atoms with E-state index >= 15 is 0 Å². The average Bonchev–Trinajstić information content (AvgIpc) is 2.92. The van der Waals surface area contributed by atoms with E-state index in [9.17, 15) is 13.2 Å².